The molecular weight excluding hydrogens is 586 g/mol. The van der Waals surface area contributed by atoms with E-state index >= 15 is 0 Å². The second kappa shape index (κ2) is 9.49. The number of rotatable bonds is 5. The lowest BCUT2D eigenvalue weighted by atomic mass is 9.55. The molecule has 0 radical (unpaired) electrons. The molecule has 8 rings (SSSR count). The lowest BCUT2D eigenvalue weighted by Crippen LogP contribution is -2.50. The molecule has 41 heavy (non-hydrogen) atoms. The number of non-ortho nitro benzene ring substituents is 1. The zero-order valence-corrected chi connectivity index (χ0v) is 23.1. The standard InChI is InChI=1S/C32H22BrN3O5/c33-20-13-9-18(10-14-20)17-34(30(37)19-11-15-21(16-12-19)36(40)41)35-31(38)28-26-22-5-1-2-6-23(22)27(29(28)32(35)39)25-8-4-3-7-24(25)26/h1-16,26-29H,17H2/t26?,27?,28-,29-/m1/s1. The highest BCUT2D eigenvalue weighted by atomic mass is 79.9. The molecule has 0 aromatic heterocycles. The van der Waals surface area contributed by atoms with Crippen molar-refractivity contribution >= 4 is 39.3 Å². The van der Waals surface area contributed by atoms with Gasteiger partial charge in [0.2, 0.25) is 0 Å². The third-order valence-electron chi connectivity index (χ3n) is 8.47. The Morgan fingerprint density at radius 1 is 0.756 bits per heavy atom. The molecular formula is C32H22BrN3O5. The Morgan fingerprint density at radius 3 is 1.66 bits per heavy atom. The summed E-state index contributed by atoms with van der Waals surface area (Å²) < 4.78 is 0.848. The summed E-state index contributed by atoms with van der Waals surface area (Å²) in [4.78, 5) is 53.3. The lowest BCUT2D eigenvalue weighted by molar-refractivity contribution is -0.384. The van der Waals surface area contributed by atoms with Crippen molar-refractivity contribution in [3.05, 3.63) is 145 Å². The van der Waals surface area contributed by atoms with Crippen molar-refractivity contribution in [3.63, 3.8) is 0 Å². The van der Waals surface area contributed by atoms with Crippen LogP contribution < -0.4 is 0 Å². The number of nitrogens with zero attached hydrogens (tertiary/aromatic N) is 3. The largest absolute Gasteiger partial charge is 0.273 e. The highest BCUT2D eigenvalue weighted by Crippen LogP contribution is 2.61. The van der Waals surface area contributed by atoms with E-state index in [2.05, 4.69) is 15.9 Å². The lowest BCUT2D eigenvalue weighted by Gasteiger charge is -2.45. The van der Waals surface area contributed by atoms with Gasteiger partial charge in [0, 0.05) is 34.0 Å². The molecule has 0 saturated carbocycles. The van der Waals surface area contributed by atoms with Crippen LogP contribution in [0, 0.1) is 22.0 Å². The van der Waals surface area contributed by atoms with E-state index in [0.717, 1.165) is 31.7 Å². The first-order valence-corrected chi connectivity index (χ1v) is 14.0. The van der Waals surface area contributed by atoms with Gasteiger partial charge in [-0.1, -0.05) is 76.6 Å². The van der Waals surface area contributed by atoms with Gasteiger partial charge in [-0.05, 0) is 52.1 Å². The zero-order valence-electron chi connectivity index (χ0n) is 21.5. The second-order valence-electron chi connectivity index (χ2n) is 10.5. The van der Waals surface area contributed by atoms with Gasteiger partial charge in [-0.25, -0.2) is 5.01 Å². The molecule has 3 amide bonds. The maximum atomic E-state index is 14.3. The summed E-state index contributed by atoms with van der Waals surface area (Å²) in [5.74, 6) is -3.31. The minimum Gasteiger partial charge on any atom is -0.272 e. The minimum absolute atomic E-state index is 0.0325. The van der Waals surface area contributed by atoms with Crippen LogP contribution in [0.1, 0.15) is 50.0 Å². The first kappa shape index (κ1) is 25.3. The summed E-state index contributed by atoms with van der Waals surface area (Å²) in [5, 5.41) is 13.4. The van der Waals surface area contributed by atoms with Crippen LogP contribution in [-0.4, -0.2) is 32.7 Å². The Kier molecular flexibility index (Phi) is 5.86. The molecule has 202 valence electrons. The van der Waals surface area contributed by atoms with E-state index < -0.39 is 34.5 Å². The van der Waals surface area contributed by atoms with Crippen molar-refractivity contribution in [3.8, 4) is 0 Å². The predicted octanol–water partition coefficient (Wildman–Crippen LogP) is 5.81. The fourth-order valence-corrected chi connectivity index (χ4v) is 7.03. The van der Waals surface area contributed by atoms with Crippen molar-refractivity contribution in [2.75, 3.05) is 0 Å². The number of nitro benzene ring substituents is 1. The van der Waals surface area contributed by atoms with Crippen LogP contribution in [0.5, 0.6) is 0 Å². The van der Waals surface area contributed by atoms with Gasteiger partial charge in [-0.3, -0.25) is 24.5 Å². The number of carbonyl (C=O) groups is 3. The summed E-state index contributed by atoms with van der Waals surface area (Å²) in [7, 11) is 0. The van der Waals surface area contributed by atoms with Gasteiger partial charge in [0.05, 0.1) is 23.3 Å². The molecule has 3 aliphatic carbocycles. The van der Waals surface area contributed by atoms with Gasteiger partial charge in [-0.15, -0.1) is 0 Å². The molecule has 4 aliphatic rings. The summed E-state index contributed by atoms with van der Waals surface area (Å²) in [6.45, 7) is -0.0325. The van der Waals surface area contributed by atoms with Crippen molar-refractivity contribution < 1.29 is 19.3 Å². The minimum atomic E-state index is -0.644. The fraction of sp³-hybridized carbons (Fsp3) is 0.156. The number of amides is 3. The van der Waals surface area contributed by atoms with Gasteiger partial charge >= 0.3 is 0 Å². The maximum absolute atomic E-state index is 14.3. The van der Waals surface area contributed by atoms with Crippen LogP contribution in [0.3, 0.4) is 0 Å². The number of nitro groups is 1. The molecule has 4 aromatic carbocycles. The Hall–Kier alpha value is -4.63. The van der Waals surface area contributed by atoms with E-state index in [1.54, 1.807) is 0 Å². The molecule has 2 atom stereocenters. The zero-order chi connectivity index (χ0) is 28.4. The van der Waals surface area contributed by atoms with E-state index in [0.29, 0.717) is 5.56 Å². The van der Waals surface area contributed by atoms with Gasteiger partial charge in [0.25, 0.3) is 23.4 Å². The summed E-state index contributed by atoms with van der Waals surface area (Å²) >= 11 is 3.42. The normalized spacial score (nSPS) is 21.7. The molecule has 1 aliphatic heterocycles. The number of halogens is 1. The van der Waals surface area contributed by atoms with Gasteiger partial charge in [0.1, 0.15) is 0 Å². The Morgan fingerprint density at radius 2 is 1.22 bits per heavy atom. The van der Waals surface area contributed by atoms with Crippen molar-refractivity contribution in [1.29, 1.82) is 0 Å². The number of hydrogen-bond acceptors (Lipinski definition) is 5. The first-order chi connectivity index (χ1) is 19.8. The average molecular weight is 608 g/mol. The van der Waals surface area contributed by atoms with E-state index in [1.165, 1.54) is 29.3 Å². The molecule has 0 spiro atoms. The molecule has 1 heterocycles. The molecule has 4 aromatic rings. The smallest absolute Gasteiger partial charge is 0.272 e. The third kappa shape index (κ3) is 3.83. The highest BCUT2D eigenvalue weighted by molar-refractivity contribution is 9.10. The summed E-state index contributed by atoms with van der Waals surface area (Å²) in [5.41, 5.74) is 4.87. The van der Waals surface area contributed by atoms with Crippen LogP contribution in [-0.2, 0) is 16.1 Å². The van der Waals surface area contributed by atoms with E-state index in [-0.39, 0.29) is 29.6 Å². The first-order valence-electron chi connectivity index (χ1n) is 13.2. The Balaban J connectivity index is 1.33. The number of carbonyl (C=O) groups excluding carboxylic acids is 3. The van der Waals surface area contributed by atoms with Crippen LogP contribution in [0.4, 0.5) is 5.69 Å². The number of benzene rings is 4. The van der Waals surface area contributed by atoms with Gasteiger partial charge in [0.15, 0.2) is 0 Å². The molecule has 0 N–H and O–H groups in total. The summed E-state index contributed by atoms with van der Waals surface area (Å²) in [6.07, 6.45) is 0. The SMILES string of the molecule is O=C(c1ccc([N+](=O)[O-])cc1)N(Cc1ccc(Br)cc1)N1C(=O)[C@@H]2C3c4ccccc4C(c4ccccc43)[C@H]2C1=O. The van der Waals surface area contributed by atoms with Crippen LogP contribution in [0.15, 0.2) is 102 Å². The van der Waals surface area contributed by atoms with Crippen LogP contribution in [0.2, 0.25) is 0 Å². The molecule has 8 nitrogen and oxygen atoms in total. The van der Waals surface area contributed by atoms with E-state index in [4.69, 9.17) is 0 Å². The van der Waals surface area contributed by atoms with E-state index in [9.17, 15) is 24.5 Å². The molecule has 9 heteroatoms. The summed E-state index contributed by atoms with van der Waals surface area (Å²) in [6, 6.07) is 28.4. The van der Waals surface area contributed by atoms with E-state index in [1.807, 2.05) is 72.8 Å². The van der Waals surface area contributed by atoms with Crippen molar-refractivity contribution in [1.82, 2.24) is 10.0 Å². The molecule has 0 unspecified atom stereocenters. The van der Waals surface area contributed by atoms with Crippen LogP contribution in [0.25, 0.3) is 0 Å². The molecule has 1 saturated heterocycles. The Labute approximate surface area is 243 Å². The quantitative estimate of drug-likeness (QED) is 0.162. The Bertz CT molecular complexity index is 1640. The molecule has 1 fully saturated rings. The monoisotopic (exact) mass is 607 g/mol. The highest BCUT2D eigenvalue weighted by Gasteiger charge is 2.63. The fourth-order valence-electron chi connectivity index (χ4n) is 6.77. The maximum Gasteiger partial charge on any atom is 0.273 e. The predicted molar refractivity (Wildman–Crippen MR) is 153 cm³/mol. The second-order valence-corrected chi connectivity index (χ2v) is 11.5. The number of hydrazine groups is 1. The van der Waals surface area contributed by atoms with Crippen molar-refractivity contribution in [2.45, 2.75) is 18.4 Å². The van der Waals surface area contributed by atoms with Gasteiger partial charge in [-0.2, -0.15) is 5.01 Å². The van der Waals surface area contributed by atoms with Gasteiger partial charge < -0.3 is 0 Å². The molecule has 2 bridgehead atoms. The third-order valence-corrected chi connectivity index (χ3v) is 9.00. The van der Waals surface area contributed by atoms with Crippen molar-refractivity contribution in [2.24, 2.45) is 11.8 Å². The number of imide groups is 1. The van der Waals surface area contributed by atoms with Crippen LogP contribution >= 0.6 is 15.9 Å². The topological polar surface area (TPSA) is 101 Å². The number of hydrogen-bond donors (Lipinski definition) is 0. The average Bonchev–Trinajstić information content (AvgIpc) is 3.26.